The van der Waals surface area contributed by atoms with Crippen LogP contribution in [0, 0.1) is 0 Å². The van der Waals surface area contributed by atoms with Gasteiger partial charge < -0.3 is 19.9 Å². The Kier molecular flexibility index (Phi) is 11.8. The van der Waals surface area contributed by atoms with Crippen LogP contribution in [0.4, 0.5) is 0 Å². The minimum atomic E-state index is 0. The fourth-order valence-corrected chi connectivity index (χ4v) is 3.40. The Balaban J connectivity index is 0.00000392. The highest BCUT2D eigenvalue weighted by molar-refractivity contribution is 14.0. The number of hydrogen-bond acceptors (Lipinski definition) is 4. The van der Waals surface area contributed by atoms with E-state index in [2.05, 4.69) is 60.0 Å². The summed E-state index contributed by atoms with van der Waals surface area (Å²) in [5, 5.41) is 3.42. The second-order valence-corrected chi connectivity index (χ2v) is 7.22. The molecule has 28 heavy (non-hydrogen) atoms. The van der Waals surface area contributed by atoms with Gasteiger partial charge in [0.25, 0.3) is 0 Å². The van der Waals surface area contributed by atoms with Crippen LogP contribution in [0.25, 0.3) is 0 Å². The predicted molar refractivity (Wildman–Crippen MR) is 129 cm³/mol. The average Bonchev–Trinajstić information content (AvgIpc) is 2.71. The standard InChI is InChI=1S/C21H37N5O.HI/c1-6-22-21(24(4)17-19-8-10-20(27-5)11-9-19)23-16-18(3)26-14-12-25(7-2)13-15-26;/h8-11,18H,6-7,12-17H2,1-5H3,(H,22,23);1H. The molecule has 1 aliphatic rings. The van der Waals surface area contributed by atoms with Gasteiger partial charge in [-0.3, -0.25) is 9.89 Å². The van der Waals surface area contributed by atoms with Crippen molar-refractivity contribution >= 4 is 29.9 Å². The molecule has 1 atom stereocenters. The van der Waals surface area contributed by atoms with Crippen molar-refractivity contribution in [1.29, 1.82) is 0 Å². The predicted octanol–water partition coefficient (Wildman–Crippen LogP) is 2.74. The molecule has 0 bridgehead atoms. The number of aliphatic imine (C=N–C) groups is 1. The Bertz CT molecular complexity index is 573. The largest absolute Gasteiger partial charge is 0.497 e. The number of hydrogen-bond donors (Lipinski definition) is 1. The molecular formula is C21H38IN5O. The van der Waals surface area contributed by atoms with Gasteiger partial charge in [-0.15, -0.1) is 24.0 Å². The highest BCUT2D eigenvalue weighted by atomic mass is 127. The first-order chi connectivity index (χ1) is 13.1. The summed E-state index contributed by atoms with van der Waals surface area (Å²) < 4.78 is 5.24. The number of piperazine rings is 1. The number of guanidine groups is 1. The summed E-state index contributed by atoms with van der Waals surface area (Å²) >= 11 is 0. The lowest BCUT2D eigenvalue weighted by Gasteiger charge is -2.37. The van der Waals surface area contributed by atoms with Gasteiger partial charge in [0.2, 0.25) is 0 Å². The Morgan fingerprint density at radius 3 is 2.36 bits per heavy atom. The molecule has 1 unspecified atom stereocenters. The monoisotopic (exact) mass is 503 g/mol. The van der Waals surface area contributed by atoms with E-state index in [0.717, 1.165) is 51.0 Å². The van der Waals surface area contributed by atoms with E-state index < -0.39 is 0 Å². The molecule has 1 N–H and O–H groups in total. The van der Waals surface area contributed by atoms with Gasteiger partial charge in [-0.05, 0) is 38.1 Å². The molecule has 7 heteroatoms. The topological polar surface area (TPSA) is 43.3 Å². The van der Waals surface area contributed by atoms with Crippen LogP contribution in [0.5, 0.6) is 5.75 Å². The summed E-state index contributed by atoms with van der Waals surface area (Å²) in [4.78, 5) is 12.2. The molecule has 0 aromatic heterocycles. The number of benzene rings is 1. The summed E-state index contributed by atoms with van der Waals surface area (Å²) in [6.07, 6.45) is 0. The van der Waals surface area contributed by atoms with E-state index in [9.17, 15) is 0 Å². The number of halogens is 1. The van der Waals surface area contributed by atoms with Gasteiger partial charge in [-0.1, -0.05) is 19.1 Å². The van der Waals surface area contributed by atoms with Gasteiger partial charge in [0.05, 0.1) is 13.7 Å². The molecule has 160 valence electrons. The molecule has 1 aromatic carbocycles. The summed E-state index contributed by atoms with van der Waals surface area (Å²) in [5.41, 5.74) is 1.24. The molecule has 6 nitrogen and oxygen atoms in total. The lowest BCUT2D eigenvalue weighted by Crippen LogP contribution is -2.50. The number of likely N-dealkylation sites (N-methyl/N-ethyl adjacent to an activating group) is 1. The van der Waals surface area contributed by atoms with Gasteiger partial charge in [0, 0.05) is 52.4 Å². The van der Waals surface area contributed by atoms with Crippen LogP contribution in [0.2, 0.25) is 0 Å². The minimum absolute atomic E-state index is 0. The number of ether oxygens (including phenoxy) is 1. The number of nitrogens with zero attached hydrogens (tertiary/aromatic N) is 4. The van der Waals surface area contributed by atoms with E-state index in [-0.39, 0.29) is 24.0 Å². The lowest BCUT2D eigenvalue weighted by atomic mass is 10.2. The molecular weight excluding hydrogens is 465 g/mol. The Morgan fingerprint density at radius 2 is 1.82 bits per heavy atom. The van der Waals surface area contributed by atoms with Crippen LogP contribution in [0.1, 0.15) is 26.3 Å². The zero-order valence-electron chi connectivity index (χ0n) is 18.1. The van der Waals surface area contributed by atoms with E-state index in [1.54, 1.807) is 7.11 Å². The zero-order chi connectivity index (χ0) is 19.6. The summed E-state index contributed by atoms with van der Waals surface area (Å²) in [5.74, 6) is 1.85. The Morgan fingerprint density at radius 1 is 1.18 bits per heavy atom. The van der Waals surface area contributed by atoms with Gasteiger partial charge in [0.1, 0.15) is 5.75 Å². The molecule has 1 aliphatic heterocycles. The first kappa shape index (κ1) is 25.0. The molecule has 1 saturated heterocycles. The quantitative estimate of drug-likeness (QED) is 0.336. The normalized spacial score (nSPS) is 17.0. The first-order valence-electron chi connectivity index (χ1n) is 10.2. The van der Waals surface area contributed by atoms with Crippen LogP contribution in [-0.2, 0) is 6.54 Å². The van der Waals surface area contributed by atoms with E-state index in [4.69, 9.17) is 9.73 Å². The van der Waals surface area contributed by atoms with Gasteiger partial charge in [0.15, 0.2) is 5.96 Å². The number of nitrogens with one attached hydrogen (secondary N) is 1. The first-order valence-corrected chi connectivity index (χ1v) is 10.2. The molecule has 0 spiro atoms. The van der Waals surface area contributed by atoms with Crippen molar-refractivity contribution in [3.05, 3.63) is 29.8 Å². The zero-order valence-corrected chi connectivity index (χ0v) is 20.5. The smallest absolute Gasteiger partial charge is 0.194 e. The lowest BCUT2D eigenvalue weighted by molar-refractivity contribution is 0.109. The fourth-order valence-electron chi connectivity index (χ4n) is 3.40. The van der Waals surface area contributed by atoms with Crippen LogP contribution in [0.15, 0.2) is 29.3 Å². The van der Waals surface area contributed by atoms with Crippen molar-refractivity contribution in [3.63, 3.8) is 0 Å². The molecule has 0 radical (unpaired) electrons. The van der Waals surface area contributed by atoms with Crippen molar-refractivity contribution in [2.45, 2.75) is 33.4 Å². The third kappa shape index (κ3) is 7.75. The minimum Gasteiger partial charge on any atom is -0.497 e. The summed E-state index contributed by atoms with van der Waals surface area (Å²) in [6, 6.07) is 8.69. The molecule has 1 heterocycles. The van der Waals surface area contributed by atoms with E-state index >= 15 is 0 Å². The molecule has 1 fully saturated rings. The molecule has 0 saturated carbocycles. The van der Waals surface area contributed by atoms with Gasteiger partial charge in [-0.25, -0.2) is 0 Å². The summed E-state index contributed by atoms with van der Waals surface area (Å²) in [7, 11) is 3.79. The SMILES string of the molecule is CCNC(=NCC(C)N1CCN(CC)CC1)N(C)Cc1ccc(OC)cc1.I. The van der Waals surface area contributed by atoms with Crippen LogP contribution in [-0.4, -0.2) is 86.7 Å². The molecule has 2 rings (SSSR count). The fraction of sp³-hybridized carbons (Fsp3) is 0.667. The van der Waals surface area contributed by atoms with Gasteiger partial charge >= 0.3 is 0 Å². The van der Waals surface area contributed by atoms with Crippen molar-refractivity contribution < 1.29 is 4.74 Å². The molecule has 1 aromatic rings. The second kappa shape index (κ2) is 13.2. The van der Waals surface area contributed by atoms with Crippen LogP contribution < -0.4 is 10.1 Å². The molecule has 0 amide bonds. The van der Waals surface area contributed by atoms with E-state index in [0.29, 0.717) is 6.04 Å². The summed E-state index contributed by atoms with van der Waals surface area (Å²) in [6.45, 7) is 14.9. The highest BCUT2D eigenvalue weighted by Crippen LogP contribution is 2.13. The van der Waals surface area contributed by atoms with Gasteiger partial charge in [-0.2, -0.15) is 0 Å². The van der Waals surface area contributed by atoms with Crippen molar-refractivity contribution in [3.8, 4) is 5.75 Å². The average molecular weight is 503 g/mol. The van der Waals surface area contributed by atoms with Crippen LogP contribution >= 0.6 is 24.0 Å². The number of rotatable bonds is 8. The van der Waals surface area contributed by atoms with E-state index in [1.807, 2.05) is 12.1 Å². The third-order valence-corrected chi connectivity index (χ3v) is 5.26. The Hall–Kier alpha value is -1.06. The third-order valence-electron chi connectivity index (χ3n) is 5.26. The Labute approximate surface area is 188 Å². The van der Waals surface area contributed by atoms with Crippen molar-refractivity contribution in [2.75, 3.05) is 60.0 Å². The maximum atomic E-state index is 5.24. The maximum absolute atomic E-state index is 5.24. The van der Waals surface area contributed by atoms with Crippen molar-refractivity contribution in [1.82, 2.24) is 20.0 Å². The molecule has 0 aliphatic carbocycles. The maximum Gasteiger partial charge on any atom is 0.194 e. The second-order valence-electron chi connectivity index (χ2n) is 7.22. The van der Waals surface area contributed by atoms with E-state index in [1.165, 1.54) is 18.7 Å². The van der Waals surface area contributed by atoms with Crippen LogP contribution in [0.3, 0.4) is 0 Å². The highest BCUT2D eigenvalue weighted by Gasteiger charge is 2.20. The number of methoxy groups -OCH3 is 1. The van der Waals surface area contributed by atoms with Crippen molar-refractivity contribution in [2.24, 2.45) is 4.99 Å².